The molecule has 0 bridgehead atoms. The Morgan fingerprint density at radius 2 is 1.66 bits per heavy atom. The van der Waals surface area contributed by atoms with Gasteiger partial charge in [-0.3, -0.25) is 9.69 Å². The number of benzene rings is 3. The van der Waals surface area contributed by atoms with Crippen LogP contribution in [-0.2, 0) is 13.0 Å². The molecule has 164 valence electrons. The van der Waals surface area contributed by atoms with Gasteiger partial charge in [0, 0.05) is 44.2 Å². The number of rotatable bonds is 4. The van der Waals surface area contributed by atoms with Crippen LogP contribution in [0, 0.1) is 17.6 Å². The van der Waals surface area contributed by atoms with E-state index in [9.17, 15) is 13.6 Å². The first-order chi connectivity index (χ1) is 15.6. The van der Waals surface area contributed by atoms with E-state index in [-0.39, 0.29) is 29.4 Å². The Balaban J connectivity index is 1.37. The summed E-state index contributed by atoms with van der Waals surface area (Å²) in [6.45, 7) is 3.87. The van der Waals surface area contributed by atoms with Crippen LogP contribution >= 0.6 is 0 Å². The van der Waals surface area contributed by atoms with Gasteiger partial charge in [-0.2, -0.15) is 0 Å². The first-order valence-electron chi connectivity index (χ1n) is 11.2. The van der Waals surface area contributed by atoms with Crippen molar-refractivity contribution < 1.29 is 13.6 Å². The molecule has 1 amide bonds. The zero-order valence-corrected chi connectivity index (χ0v) is 17.9. The normalized spacial score (nSPS) is 20.9. The highest BCUT2D eigenvalue weighted by molar-refractivity contribution is 5.94. The van der Waals surface area contributed by atoms with E-state index in [1.165, 1.54) is 41.5 Å². The summed E-state index contributed by atoms with van der Waals surface area (Å²) in [6, 6.07) is 21.0. The van der Waals surface area contributed by atoms with Crippen molar-refractivity contribution in [3.8, 4) is 0 Å². The molecule has 2 unspecified atom stereocenters. The Hall–Kier alpha value is -3.05. The number of hydrogen-bond acceptors (Lipinski definition) is 2. The molecule has 2 heterocycles. The maximum absolute atomic E-state index is 14.0. The Kier molecular flexibility index (Phi) is 5.75. The molecule has 0 N–H and O–H groups in total. The van der Waals surface area contributed by atoms with Crippen LogP contribution in [0.4, 0.5) is 8.78 Å². The molecule has 0 aromatic heterocycles. The second-order valence-corrected chi connectivity index (χ2v) is 8.89. The molecule has 2 atom stereocenters. The van der Waals surface area contributed by atoms with Crippen molar-refractivity contribution in [3.05, 3.63) is 107 Å². The molecule has 3 aromatic rings. The summed E-state index contributed by atoms with van der Waals surface area (Å²) in [4.78, 5) is 17.4. The predicted octanol–water partition coefficient (Wildman–Crippen LogP) is 4.88. The van der Waals surface area contributed by atoms with Gasteiger partial charge in [0.05, 0.1) is 0 Å². The van der Waals surface area contributed by atoms with Gasteiger partial charge in [-0.1, -0.05) is 36.4 Å². The van der Waals surface area contributed by atoms with Crippen LogP contribution in [0.1, 0.15) is 33.0 Å². The quantitative estimate of drug-likeness (QED) is 0.587. The fraction of sp³-hybridized carbons (Fsp3) is 0.296. The Morgan fingerprint density at radius 3 is 2.44 bits per heavy atom. The van der Waals surface area contributed by atoms with Crippen molar-refractivity contribution in [2.24, 2.45) is 5.92 Å². The molecule has 1 saturated heterocycles. The molecule has 0 aliphatic carbocycles. The number of amides is 1. The van der Waals surface area contributed by atoms with Gasteiger partial charge in [0.2, 0.25) is 0 Å². The van der Waals surface area contributed by atoms with E-state index in [0.717, 1.165) is 31.6 Å². The number of carbonyl (C=O) groups excluding carboxylic acids is 1. The lowest BCUT2D eigenvalue weighted by Gasteiger charge is -2.32. The van der Waals surface area contributed by atoms with Gasteiger partial charge in [-0.15, -0.1) is 0 Å². The number of carbonyl (C=O) groups is 1. The first kappa shape index (κ1) is 20.8. The van der Waals surface area contributed by atoms with Crippen LogP contribution in [0.2, 0.25) is 0 Å². The van der Waals surface area contributed by atoms with E-state index in [1.807, 2.05) is 11.0 Å². The van der Waals surface area contributed by atoms with Gasteiger partial charge in [-0.05, 0) is 65.4 Å². The zero-order valence-electron chi connectivity index (χ0n) is 17.9. The third-order valence-electron chi connectivity index (χ3n) is 6.80. The Labute approximate surface area is 187 Å². The van der Waals surface area contributed by atoms with E-state index >= 15 is 0 Å². The van der Waals surface area contributed by atoms with Crippen LogP contribution in [0.15, 0.2) is 72.8 Å². The van der Waals surface area contributed by atoms with Crippen LogP contribution in [0.25, 0.3) is 0 Å². The van der Waals surface area contributed by atoms with Gasteiger partial charge in [0.25, 0.3) is 5.91 Å². The molecule has 32 heavy (non-hydrogen) atoms. The Morgan fingerprint density at radius 1 is 0.875 bits per heavy atom. The van der Waals surface area contributed by atoms with E-state index in [1.54, 1.807) is 12.1 Å². The number of halogens is 2. The summed E-state index contributed by atoms with van der Waals surface area (Å²) in [7, 11) is 0. The lowest BCUT2D eigenvalue weighted by atomic mass is 9.88. The summed E-state index contributed by atoms with van der Waals surface area (Å²) in [5, 5.41) is 0. The highest BCUT2D eigenvalue weighted by atomic mass is 19.1. The third kappa shape index (κ3) is 4.30. The van der Waals surface area contributed by atoms with Crippen molar-refractivity contribution >= 4 is 5.91 Å². The Bertz CT molecular complexity index is 1110. The molecule has 3 aromatic carbocycles. The average Bonchev–Trinajstić information content (AvgIpc) is 3.23. The molecule has 2 aliphatic heterocycles. The third-order valence-corrected chi connectivity index (χ3v) is 6.80. The van der Waals surface area contributed by atoms with Crippen LogP contribution in [0.3, 0.4) is 0 Å². The fourth-order valence-electron chi connectivity index (χ4n) is 5.15. The largest absolute Gasteiger partial charge is 0.338 e. The van der Waals surface area contributed by atoms with Crippen LogP contribution < -0.4 is 0 Å². The van der Waals surface area contributed by atoms with E-state index < -0.39 is 0 Å². The van der Waals surface area contributed by atoms with Gasteiger partial charge < -0.3 is 4.90 Å². The highest BCUT2D eigenvalue weighted by Gasteiger charge is 2.37. The molecule has 2 aliphatic rings. The molecular formula is C27H26F2N2O. The van der Waals surface area contributed by atoms with Crippen molar-refractivity contribution in [2.75, 3.05) is 26.2 Å². The number of likely N-dealkylation sites (tertiary alicyclic amines) is 1. The lowest BCUT2D eigenvalue weighted by Crippen LogP contribution is -2.37. The molecular weight excluding hydrogens is 406 g/mol. The monoisotopic (exact) mass is 432 g/mol. The van der Waals surface area contributed by atoms with Gasteiger partial charge in [0.15, 0.2) is 0 Å². The van der Waals surface area contributed by atoms with Gasteiger partial charge >= 0.3 is 0 Å². The molecule has 1 fully saturated rings. The van der Waals surface area contributed by atoms with Crippen LogP contribution in [0.5, 0.6) is 0 Å². The second-order valence-electron chi connectivity index (χ2n) is 8.89. The molecule has 5 rings (SSSR count). The summed E-state index contributed by atoms with van der Waals surface area (Å²) >= 11 is 0. The maximum Gasteiger partial charge on any atom is 0.253 e. The minimum absolute atomic E-state index is 0.0623. The van der Waals surface area contributed by atoms with E-state index in [2.05, 4.69) is 29.2 Å². The highest BCUT2D eigenvalue weighted by Crippen LogP contribution is 2.35. The molecule has 0 spiro atoms. The second kappa shape index (κ2) is 8.83. The van der Waals surface area contributed by atoms with Crippen LogP contribution in [-0.4, -0.2) is 41.9 Å². The van der Waals surface area contributed by atoms with Crippen molar-refractivity contribution in [1.29, 1.82) is 0 Å². The van der Waals surface area contributed by atoms with E-state index in [0.29, 0.717) is 18.7 Å². The standard InChI is InChI=1S/C27H26F2N2O/c28-24-10-8-20(9-11-24)27(32)31-17-23(26(18-31)21-6-3-7-25(29)14-21)16-30-13-12-19-4-1-2-5-22(19)15-30/h1-11,14,23,26H,12-13,15-18H2. The zero-order chi connectivity index (χ0) is 22.1. The minimum Gasteiger partial charge on any atom is -0.338 e. The summed E-state index contributed by atoms with van der Waals surface area (Å²) in [6.07, 6.45) is 1.02. The number of nitrogens with zero attached hydrogens (tertiary/aromatic N) is 2. The molecule has 0 radical (unpaired) electrons. The van der Waals surface area contributed by atoms with Crippen molar-refractivity contribution in [3.63, 3.8) is 0 Å². The molecule has 3 nitrogen and oxygen atoms in total. The summed E-state index contributed by atoms with van der Waals surface area (Å²) in [5.41, 5.74) is 4.18. The lowest BCUT2D eigenvalue weighted by molar-refractivity contribution is 0.0782. The van der Waals surface area contributed by atoms with Crippen molar-refractivity contribution in [2.45, 2.75) is 18.9 Å². The summed E-state index contributed by atoms with van der Waals surface area (Å²) in [5.74, 6) is -0.447. The van der Waals surface area contributed by atoms with Gasteiger partial charge in [-0.25, -0.2) is 8.78 Å². The predicted molar refractivity (Wildman–Crippen MR) is 120 cm³/mol. The average molecular weight is 433 g/mol. The molecule has 0 saturated carbocycles. The smallest absolute Gasteiger partial charge is 0.253 e. The van der Waals surface area contributed by atoms with Gasteiger partial charge in [0.1, 0.15) is 11.6 Å². The van der Waals surface area contributed by atoms with E-state index in [4.69, 9.17) is 0 Å². The number of hydrogen-bond donors (Lipinski definition) is 0. The number of fused-ring (bicyclic) bond motifs is 1. The topological polar surface area (TPSA) is 23.6 Å². The summed E-state index contributed by atoms with van der Waals surface area (Å²) < 4.78 is 27.3. The fourth-order valence-corrected chi connectivity index (χ4v) is 5.15. The first-order valence-corrected chi connectivity index (χ1v) is 11.2. The minimum atomic E-state index is -0.358. The van der Waals surface area contributed by atoms with Crippen molar-refractivity contribution in [1.82, 2.24) is 9.80 Å². The molecule has 5 heteroatoms. The SMILES string of the molecule is O=C(c1ccc(F)cc1)N1CC(CN2CCc3ccccc3C2)C(c2cccc(F)c2)C1. The maximum atomic E-state index is 14.0.